The van der Waals surface area contributed by atoms with Crippen LogP contribution < -0.4 is 10.6 Å². The predicted molar refractivity (Wildman–Crippen MR) is 134 cm³/mol. The zero-order chi connectivity index (χ0) is 24.1. The molecule has 0 spiro atoms. The molecule has 8 nitrogen and oxygen atoms in total. The average molecular weight is 473 g/mol. The maximum absolute atomic E-state index is 12.8. The number of aromatic nitrogens is 4. The molecule has 4 rings (SSSR count). The van der Waals surface area contributed by atoms with Crippen LogP contribution in [0.5, 0.6) is 0 Å². The molecule has 0 aliphatic heterocycles. The molecule has 0 atom stereocenters. The molecule has 1 aromatic heterocycles. The molecule has 0 fully saturated rings. The van der Waals surface area contributed by atoms with Crippen molar-refractivity contribution >= 4 is 35.0 Å². The van der Waals surface area contributed by atoms with Gasteiger partial charge in [-0.3, -0.25) is 9.59 Å². The van der Waals surface area contributed by atoms with E-state index >= 15 is 0 Å². The smallest absolute Gasteiger partial charge is 0.257 e. The summed E-state index contributed by atoms with van der Waals surface area (Å²) in [6.45, 7) is 6.02. The van der Waals surface area contributed by atoms with Gasteiger partial charge in [-0.1, -0.05) is 42.1 Å². The van der Waals surface area contributed by atoms with Gasteiger partial charge in [0, 0.05) is 5.69 Å². The molecule has 2 amide bonds. The van der Waals surface area contributed by atoms with Crippen molar-refractivity contribution in [1.82, 2.24) is 20.2 Å². The molecule has 172 valence electrons. The Morgan fingerprint density at radius 1 is 0.912 bits per heavy atom. The Morgan fingerprint density at radius 3 is 2.53 bits per heavy atom. The van der Waals surface area contributed by atoms with Crippen molar-refractivity contribution < 1.29 is 9.59 Å². The lowest BCUT2D eigenvalue weighted by molar-refractivity contribution is -0.113. The number of nitrogens with zero attached hydrogens (tertiary/aromatic N) is 4. The molecule has 34 heavy (non-hydrogen) atoms. The number of aryl methyl sites for hydroxylation is 3. The third kappa shape index (κ3) is 5.49. The SMILES string of the molecule is Cc1cccc(NC(=O)c2ccccc2NC(=O)CSc2nnnn2-c2ccc(C)c(C)c2)c1. The number of benzene rings is 3. The van der Waals surface area contributed by atoms with Gasteiger partial charge in [0.15, 0.2) is 0 Å². The summed E-state index contributed by atoms with van der Waals surface area (Å²) in [6.07, 6.45) is 0. The summed E-state index contributed by atoms with van der Waals surface area (Å²) < 4.78 is 1.60. The first-order valence-corrected chi connectivity index (χ1v) is 11.6. The Labute approximate surface area is 201 Å². The lowest BCUT2D eigenvalue weighted by Gasteiger charge is -2.12. The molecule has 2 N–H and O–H groups in total. The number of carbonyl (C=O) groups is 2. The Morgan fingerprint density at radius 2 is 1.74 bits per heavy atom. The molecule has 0 aliphatic carbocycles. The molecule has 9 heteroatoms. The van der Waals surface area contributed by atoms with Crippen LogP contribution in [0.25, 0.3) is 5.69 Å². The summed E-state index contributed by atoms with van der Waals surface area (Å²) in [5, 5.41) is 18.1. The fourth-order valence-electron chi connectivity index (χ4n) is 3.32. The number of tetrazole rings is 1. The minimum Gasteiger partial charge on any atom is -0.325 e. The van der Waals surface area contributed by atoms with Gasteiger partial charge in [0.2, 0.25) is 11.1 Å². The van der Waals surface area contributed by atoms with E-state index in [-0.39, 0.29) is 17.6 Å². The van der Waals surface area contributed by atoms with Crippen LogP contribution in [0.4, 0.5) is 11.4 Å². The first-order valence-electron chi connectivity index (χ1n) is 10.7. The van der Waals surface area contributed by atoms with Gasteiger partial charge >= 0.3 is 0 Å². The first kappa shape index (κ1) is 23.2. The van der Waals surface area contributed by atoms with Gasteiger partial charge in [0.05, 0.1) is 22.7 Å². The Bertz CT molecular complexity index is 1350. The number of hydrogen-bond donors (Lipinski definition) is 2. The number of anilines is 2. The van der Waals surface area contributed by atoms with E-state index in [4.69, 9.17) is 0 Å². The summed E-state index contributed by atoms with van der Waals surface area (Å²) in [5.74, 6) is -0.484. The molecule has 0 saturated carbocycles. The molecule has 3 aromatic carbocycles. The van der Waals surface area contributed by atoms with Crippen molar-refractivity contribution in [3.8, 4) is 5.69 Å². The lowest BCUT2D eigenvalue weighted by atomic mass is 10.1. The number of thioether (sulfide) groups is 1. The van der Waals surface area contributed by atoms with Crippen LogP contribution in [-0.2, 0) is 4.79 Å². The Kier molecular flexibility index (Phi) is 7.03. The second-order valence-electron chi connectivity index (χ2n) is 7.85. The molecule has 0 bridgehead atoms. The van der Waals surface area contributed by atoms with Crippen LogP contribution in [0.3, 0.4) is 0 Å². The number of nitrogens with one attached hydrogen (secondary N) is 2. The maximum Gasteiger partial charge on any atom is 0.257 e. The molecule has 4 aromatic rings. The van der Waals surface area contributed by atoms with Crippen molar-refractivity contribution in [2.75, 3.05) is 16.4 Å². The summed E-state index contributed by atoms with van der Waals surface area (Å²) >= 11 is 1.22. The van der Waals surface area contributed by atoms with Gasteiger partial charge in [-0.25, -0.2) is 0 Å². The summed E-state index contributed by atoms with van der Waals surface area (Å²) in [4.78, 5) is 25.5. The van der Waals surface area contributed by atoms with E-state index in [1.165, 1.54) is 17.3 Å². The van der Waals surface area contributed by atoms with E-state index in [2.05, 4.69) is 26.2 Å². The van der Waals surface area contributed by atoms with Crippen LogP contribution in [0.2, 0.25) is 0 Å². The van der Waals surface area contributed by atoms with Gasteiger partial charge in [-0.2, -0.15) is 4.68 Å². The molecule has 0 saturated heterocycles. The van der Waals surface area contributed by atoms with E-state index in [9.17, 15) is 9.59 Å². The molecule has 0 unspecified atom stereocenters. The average Bonchev–Trinajstić information content (AvgIpc) is 3.28. The maximum atomic E-state index is 12.8. The molecule has 1 heterocycles. The molecular formula is C25H24N6O2S. The third-order valence-electron chi connectivity index (χ3n) is 5.23. The number of carbonyl (C=O) groups excluding carboxylic acids is 2. The highest BCUT2D eigenvalue weighted by atomic mass is 32.2. The van der Waals surface area contributed by atoms with Crippen LogP contribution in [0.15, 0.2) is 71.9 Å². The van der Waals surface area contributed by atoms with Crippen LogP contribution in [0.1, 0.15) is 27.0 Å². The zero-order valence-electron chi connectivity index (χ0n) is 19.1. The quantitative estimate of drug-likeness (QED) is 0.382. The highest BCUT2D eigenvalue weighted by Gasteiger charge is 2.16. The van der Waals surface area contributed by atoms with Gasteiger partial charge < -0.3 is 10.6 Å². The highest BCUT2D eigenvalue weighted by molar-refractivity contribution is 7.99. The zero-order valence-corrected chi connectivity index (χ0v) is 19.9. The number of amides is 2. The fourth-order valence-corrected chi connectivity index (χ4v) is 4.01. The van der Waals surface area contributed by atoms with Crippen LogP contribution in [0, 0.1) is 20.8 Å². The fraction of sp³-hybridized carbons (Fsp3) is 0.160. The second-order valence-corrected chi connectivity index (χ2v) is 8.79. The minimum atomic E-state index is -0.298. The molecule has 0 aliphatic rings. The van der Waals surface area contributed by atoms with Gasteiger partial charge in [-0.05, 0) is 84.3 Å². The monoisotopic (exact) mass is 472 g/mol. The van der Waals surface area contributed by atoms with Crippen molar-refractivity contribution in [2.24, 2.45) is 0 Å². The largest absolute Gasteiger partial charge is 0.325 e. The van der Waals surface area contributed by atoms with Crippen molar-refractivity contribution in [1.29, 1.82) is 0 Å². The highest BCUT2D eigenvalue weighted by Crippen LogP contribution is 2.22. The number of rotatable bonds is 7. The summed E-state index contributed by atoms with van der Waals surface area (Å²) in [6, 6.07) is 20.4. The second kappa shape index (κ2) is 10.3. The minimum absolute atomic E-state index is 0.0824. The number of hydrogen-bond acceptors (Lipinski definition) is 6. The van der Waals surface area contributed by atoms with Crippen LogP contribution >= 0.6 is 11.8 Å². The van der Waals surface area contributed by atoms with Gasteiger partial charge in [0.25, 0.3) is 5.91 Å². The van der Waals surface area contributed by atoms with Gasteiger partial charge in [0.1, 0.15) is 0 Å². The van der Waals surface area contributed by atoms with E-state index in [0.29, 0.717) is 22.1 Å². The van der Waals surface area contributed by atoms with Gasteiger partial charge in [-0.15, -0.1) is 5.10 Å². The lowest BCUT2D eigenvalue weighted by Crippen LogP contribution is -2.19. The van der Waals surface area contributed by atoms with Crippen molar-refractivity contribution in [3.63, 3.8) is 0 Å². The predicted octanol–water partition coefficient (Wildman–Crippen LogP) is 4.57. The van der Waals surface area contributed by atoms with E-state index in [1.807, 2.05) is 63.2 Å². The van der Waals surface area contributed by atoms with E-state index in [1.54, 1.807) is 28.9 Å². The molecule has 0 radical (unpaired) electrons. The third-order valence-corrected chi connectivity index (χ3v) is 6.15. The van der Waals surface area contributed by atoms with E-state index in [0.717, 1.165) is 16.8 Å². The summed E-state index contributed by atoms with van der Waals surface area (Å²) in [7, 11) is 0. The van der Waals surface area contributed by atoms with E-state index < -0.39 is 0 Å². The van der Waals surface area contributed by atoms with Crippen molar-refractivity contribution in [2.45, 2.75) is 25.9 Å². The topological polar surface area (TPSA) is 102 Å². The standard InChI is InChI=1S/C25H24N6O2S/c1-16-7-6-8-19(13-16)26-24(33)21-9-4-5-10-22(21)27-23(32)15-34-25-28-29-30-31(25)20-12-11-17(2)18(3)14-20/h4-14H,15H2,1-3H3,(H,26,33)(H,27,32). The Hall–Kier alpha value is -3.98. The number of para-hydroxylation sites is 1. The van der Waals surface area contributed by atoms with Crippen LogP contribution in [-0.4, -0.2) is 37.8 Å². The summed E-state index contributed by atoms with van der Waals surface area (Å²) in [5.41, 5.74) is 5.68. The molecular weight excluding hydrogens is 448 g/mol. The Balaban J connectivity index is 1.42. The van der Waals surface area contributed by atoms with Crippen molar-refractivity contribution in [3.05, 3.63) is 89.0 Å². The first-order chi connectivity index (χ1) is 16.4. The normalized spacial score (nSPS) is 10.7.